The van der Waals surface area contributed by atoms with Crippen LogP contribution in [0.4, 0.5) is 0 Å². The minimum absolute atomic E-state index is 0.0476. The van der Waals surface area contributed by atoms with Crippen LogP contribution in [0.1, 0.15) is 37.5 Å². The number of carbonyl (C=O) groups is 3. The largest absolute Gasteiger partial charge is 0.457 e. The monoisotopic (exact) mass is 692 g/mol. The first-order valence-corrected chi connectivity index (χ1v) is 16.6. The Morgan fingerprint density at radius 2 is 1.06 bits per heavy atom. The van der Waals surface area contributed by atoms with Gasteiger partial charge in [-0.15, -0.1) is 0 Å². The van der Waals surface area contributed by atoms with Crippen LogP contribution >= 0.6 is 0 Å². The molecule has 0 aromatic heterocycles. The van der Waals surface area contributed by atoms with E-state index in [0.717, 1.165) is 16.7 Å². The maximum Gasteiger partial charge on any atom is 0.303 e. The van der Waals surface area contributed by atoms with Gasteiger partial charge in [0.15, 0.2) is 24.6 Å². The zero-order chi connectivity index (χ0) is 35.3. The standard InChI is InChI=1S/C38H44O12/c1-25(39)46-33-24-44-31(22-42-19-28-13-7-4-8-14-28)34(33)50-38-37(45-21-30-17-11-6-12-18-30)36(48-27(3)41)35(47-26(2)40)32(49-38)23-43-20-29-15-9-5-10-16-29/h4-18,31-38H,19-24H2,1-3H3/t31-,32-,33+,34-,35-,36+,37-,38-/m1/s1. The summed E-state index contributed by atoms with van der Waals surface area (Å²) in [4.78, 5) is 37.1. The smallest absolute Gasteiger partial charge is 0.303 e. The summed E-state index contributed by atoms with van der Waals surface area (Å²) in [6, 6.07) is 28.6. The summed E-state index contributed by atoms with van der Waals surface area (Å²) in [6.07, 6.45) is -7.87. The van der Waals surface area contributed by atoms with Gasteiger partial charge in [-0.3, -0.25) is 14.4 Å². The molecule has 12 nitrogen and oxygen atoms in total. The van der Waals surface area contributed by atoms with Crippen LogP contribution in [-0.2, 0) is 76.8 Å². The molecule has 5 rings (SSSR count). The van der Waals surface area contributed by atoms with Gasteiger partial charge in [0.2, 0.25) is 0 Å². The first kappa shape index (κ1) is 37.1. The lowest BCUT2D eigenvalue weighted by Gasteiger charge is -2.45. The molecule has 0 bridgehead atoms. The van der Waals surface area contributed by atoms with Crippen molar-refractivity contribution in [3.63, 3.8) is 0 Å². The molecule has 8 atom stereocenters. The van der Waals surface area contributed by atoms with E-state index < -0.39 is 66.9 Å². The van der Waals surface area contributed by atoms with Crippen LogP contribution in [0.2, 0.25) is 0 Å². The Labute approximate surface area is 291 Å². The van der Waals surface area contributed by atoms with E-state index in [-0.39, 0.29) is 33.0 Å². The average Bonchev–Trinajstić information content (AvgIpc) is 3.46. The number of ether oxygens (including phenoxy) is 9. The molecule has 2 aliphatic heterocycles. The number of hydrogen-bond acceptors (Lipinski definition) is 12. The predicted molar refractivity (Wildman–Crippen MR) is 177 cm³/mol. The normalized spacial score (nSPS) is 26.2. The van der Waals surface area contributed by atoms with Crippen molar-refractivity contribution in [2.75, 3.05) is 19.8 Å². The molecule has 2 aliphatic rings. The summed E-state index contributed by atoms with van der Waals surface area (Å²) in [5.74, 6) is -1.75. The molecule has 0 amide bonds. The Kier molecular flexibility index (Phi) is 13.9. The van der Waals surface area contributed by atoms with E-state index in [1.165, 1.54) is 20.8 Å². The highest BCUT2D eigenvalue weighted by Gasteiger charge is 2.54. The van der Waals surface area contributed by atoms with Crippen LogP contribution in [0.5, 0.6) is 0 Å². The SMILES string of the molecule is CC(=O)O[C@@H]1[C@@H](OCc2ccccc2)[C@@H](O[C@H]2[C@@H](OC(C)=O)CO[C@@H]2COCc2ccccc2)O[C@H](COCc2ccccc2)[C@H]1OC(C)=O. The van der Waals surface area contributed by atoms with Crippen molar-refractivity contribution >= 4 is 17.9 Å². The van der Waals surface area contributed by atoms with E-state index in [2.05, 4.69) is 0 Å². The van der Waals surface area contributed by atoms with Gasteiger partial charge in [0.1, 0.15) is 24.4 Å². The Morgan fingerprint density at radius 1 is 0.580 bits per heavy atom. The summed E-state index contributed by atoms with van der Waals surface area (Å²) in [5.41, 5.74) is 2.73. The molecule has 0 unspecified atom stereocenters. The van der Waals surface area contributed by atoms with Crippen molar-refractivity contribution in [1.82, 2.24) is 0 Å². The lowest BCUT2D eigenvalue weighted by Crippen LogP contribution is -2.63. The van der Waals surface area contributed by atoms with Crippen LogP contribution in [0.3, 0.4) is 0 Å². The Morgan fingerprint density at radius 3 is 1.58 bits per heavy atom. The molecule has 12 heteroatoms. The van der Waals surface area contributed by atoms with Gasteiger partial charge in [-0.25, -0.2) is 0 Å². The van der Waals surface area contributed by atoms with Crippen LogP contribution in [0.15, 0.2) is 91.0 Å². The molecule has 2 heterocycles. The van der Waals surface area contributed by atoms with E-state index >= 15 is 0 Å². The Balaban J connectivity index is 1.42. The molecule has 3 aromatic carbocycles. The lowest BCUT2D eigenvalue weighted by molar-refractivity contribution is -0.331. The molecular weight excluding hydrogens is 648 g/mol. The molecule has 50 heavy (non-hydrogen) atoms. The van der Waals surface area contributed by atoms with Gasteiger partial charge in [0, 0.05) is 20.8 Å². The third kappa shape index (κ3) is 10.9. The quantitative estimate of drug-likeness (QED) is 0.156. The summed E-state index contributed by atoms with van der Waals surface area (Å²) in [5, 5.41) is 0. The fraction of sp³-hybridized carbons (Fsp3) is 0.447. The van der Waals surface area contributed by atoms with Crippen molar-refractivity contribution in [1.29, 1.82) is 0 Å². The molecular formula is C38H44O12. The molecule has 0 saturated carbocycles. The zero-order valence-corrected chi connectivity index (χ0v) is 28.4. The molecule has 0 radical (unpaired) electrons. The number of benzene rings is 3. The zero-order valence-electron chi connectivity index (χ0n) is 28.4. The third-order valence-corrected chi connectivity index (χ3v) is 8.08. The van der Waals surface area contributed by atoms with E-state index in [1.807, 2.05) is 91.0 Å². The maximum absolute atomic E-state index is 12.6. The Bertz CT molecular complexity index is 1490. The van der Waals surface area contributed by atoms with Gasteiger partial charge in [-0.05, 0) is 16.7 Å². The van der Waals surface area contributed by atoms with Crippen LogP contribution in [-0.4, -0.2) is 86.7 Å². The van der Waals surface area contributed by atoms with E-state index in [1.54, 1.807) is 0 Å². The predicted octanol–water partition coefficient (Wildman–Crippen LogP) is 4.31. The summed E-state index contributed by atoms with van der Waals surface area (Å²) in [7, 11) is 0. The van der Waals surface area contributed by atoms with Crippen LogP contribution < -0.4 is 0 Å². The van der Waals surface area contributed by atoms with Crippen LogP contribution in [0, 0.1) is 0 Å². The molecule has 0 N–H and O–H groups in total. The van der Waals surface area contributed by atoms with Gasteiger partial charge in [0.05, 0.1) is 39.6 Å². The fourth-order valence-corrected chi connectivity index (χ4v) is 5.89. The van der Waals surface area contributed by atoms with E-state index in [4.69, 9.17) is 42.6 Å². The van der Waals surface area contributed by atoms with Gasteiger partial charge < -0.3 is 42.6 Å². The van der Waals surface area contributed by atoms with Gasteiger partial charge in [0.25, 0.3) is 0 Å². The minimum Gasteiger partial charge on any atom is -0.457 e. The first-order chi connectivity index (χ1) is 24.3. The van der Waals surface area contributed by atoms with Gasteiger partial charge in [-0.1, -0.05) is 91.0 Å². The molecule has 3 aromatic rings. The third-order valence-electron chi connectivity index (χ3n) is 8.08. The second-order valence-electron chi connectivity index (χ2n) is 12.1. The molecule has 0 aliphatic carbocycles. The lowest BCUT2D eigenvalue weighted by atomic mass is 9.97. The second kappa shape index (κ2) is 18.7. The maximum atomic E-state index is 12.6. The molecule has 2 saturated heterocycles. The number of esters is 3. The topological polar surface area (TPSA) is 134 Å². The molecule has 0 spiro atoms. The van der Waals surface area contributed by atoms with Crippen molar-refractivity contribution in [2.45, 2.75) is 89.6 Å². The minimum atomic E-state index is -1.22. The highest BCUT2D eigenvalue weighted by Crippen LogP contribution is 2.34. The summed E-state index contributed by atoms with van der Waals surface area (Å²) in [6.45, 7) is 4.61. The van der Waals surface area contributed by atoms with E-state index in [9.17, 15) is 14.4 Å². The van der Waals surface area contributed by atoms with E-state index in [0.29, 0.717) is 6.61 Å². The number of hydrogen-bond donors (Lipinski definition) is 0. The Hall–Kier alpha value is -4.17. The summed E-state index contributed by atoms with van der Waals surface area (Å²) < 4.78 is 54.8. The van der Waals surface area contributed by atoms with Crippen LogP contribution in [0.25, 0.3) is 0 Å². The number of carbonyl (C=O) groups excluding carboxylic acids is 3. The highest BCUT2D eigenvalue weighted by molar-refractivity contribution is 5.67. The van der Waals surface area contributed by atoms with Crippen molar-refractivity contribution < 1.29 is 57.0 Å². The van der Waals surface area contributed by atoms with Gasteiger partial charge in [-0.2, -0.15) is 0 Å². The average molecular weight is 693 g/mol. The number of rotatable bonds is 16. The van der Waals surface area contributed by atoms with Crippen molar-refractivity contribution in [2.24, 2.45) is 0 Å². The highest BCUT2D eigenvalue weighted by atomic mass is 16.7. The van der Waals surface area contributed by atoms with Crippen molar-refractivity contribution in [3.8, 4) is 0 Å². The second-order valence-corrected chi connectivity index (χ2v) is 12.1. The fourth-order valence-electron chi connectivity index (χ4n) is 5.89. The summed E-state index contributed by atoms with van der Waals surface area (Å²) >= 11 is 0. The van der Waals surface area contributed by atoms with Gasteiger partial charge >= 0.3 is 17.9 Å². The molecule has 268 valence electrons. The first-order valence-electron chi connectivity index (χ1n) is 16.6. The molecule has 2 fully saturated rings. The van der Waals surface area contributed by atoms with Crippen molar-refractivity contribution in [3.05, 3.63) is 108 Å².